The third-order valence-corrected chi connectivity index (χ3v) is 5.97. The molecular formula is C28H31BrN2O2. The van der Waals surface area contributed by atoms with Gasteiger partial charge in [0.2, 0.25) is 11.8 Å². The lowest BCUT2D eigenvalue weighted by molar-refractivity contribution is -0.141. The van der Waals surface area contributed by atoms with Gasteiger partial charge in [-0.1, -0.05) is 88.2 Å². The monoisotopic (exact) mass is 506 g/mol. The summed E-state index contributed by atoms with van der Waals surface area (Å²) in [4.78, 5) is 28.7. The van der Waals surface area contributed by atoms with E-state index in [0.29, 0.717) is 13.0 Å². The molecule has 0 aromatic heterocycles. The van der Waals surface area contributed by atoms with Gasteiger partial charge in [0.15, 0.2) is 0 Å². The quantitative estimate of drug-likeness (QED) is 0.418. The Morgan fingerprint density at radius 3 is 2.06 bits per heavy atom. The molecule has 4 nitrogen and oxygen atoms in total. The minimum absolute atomic E-state index is 0.0162. The number of benzene rings is 3. The minimum atomic E-state index is -0.614. The molecule has 5 heteroatoms. The zero-order valence-corrected chi connectivity index (χ0v) is 21.0. The van der Waals surface area contributed by atoms with Crippen molar-refractivity contribution in [1.82, 2.24) is 10.2 Å². The van der Waals surface area contributed by atoms with E-state index < -0.39 is 6.04 Å². The molecule has 0 heterocycles. The predicted octanol–water partition coefficient (Wildman–Crippen LogP) is 5.46. The number of carbonyl (C=O) groups excluding carboxylic acids is 2. The van der Waals surface area contributed by atoms with Crippen molar-refractivity contribution in [3.63, 3.8) is 0 Å². The van der Waals surface area contributed by atoms with Gasteiger partial charge in [0.25, 0.3) is 0 Å². The molecule has 0 unspecified atom stereocenters. The highest BCUT2D eigenvalue weighted by atomic mass is 79.9. The van der Waals surface area contributed by atoms with E-state index in [9.17, 15) is 9.59 Å². The molecule has 0 radical (unpaired) electrons. The highest BCUT2D eigenvalue weighted by Crippen LogP contribution is 2.18. The Bertz CT molecular complexity index is 1050. The van der Waals surface area contributed by atoms with Crippen LogP contribution >= 0.6 is 15.9 Å². The van der Waals surface area contributed by atoms with Gasteiger partial charge in [-0.05, 0) is 49.6 Å². The molecule has 0 fully saturated rings. The van der Waals surface area contributed by atoms with Crippen LogP contribution in [0.5, 0.6) is 0 Å². The second-order valence-electron chi connectivity index (χ2n) is 8.68. The van der Waals surface area contributed by atoms with Crippen LogP contribution in [0, 0.1) is 6.92 Å². The van der Waals surface area contributed by atoms with Crippen LogP contribution in [0.1, 0.15) is 36.1 Å². The van der Waals surface area contributed by atoms with Crippen molar-refractivity contribution in [1.29, 1.82) is 0 Å². The van der Waals surface area contributed by atoms with E-state index in [4.69, 9.17) is 0 Å². The minimum Gasteiger partial charge on any atom is -0.352 e. The molecule has 0 aliphatic rings. The summed E-state index contributed by atoms with van der Waals surface area (Å²) < 4.78 is 0.974. The van der Waals surface area contributed by atoms with Crippen LogP contribution in [-0.2, 0) is 29.0 Å². The van der Waals surface area contributed by atoms with E-state index in [0.717, 1.165) is 26.7 Å². The van der Waals surface area contributed by atoms with Crippen LogP contribution in [0.15, 0.2) is 83.3 Å². The average Bonchev–Trinajstić information content (AvgIpc) is 2.79. The van der Waals surface area contributed by atoms with Gasteiger partial charge in [-0.3, -0.25) is 9.59 Å². The smallest absolute Gasteiger partial charge is 0.243 e. The molecule has 0 saturated carbocycles. The molecule has 2 amide bonds. The SMILES string of the molecule is Cc1ccc(CC(=O)N(Cc2ccc(Br)cc2)[C@@H](Cc2ccccc2)C(=O)NC(C)C)cc1. The molecule has 0 spiro atoms. The van der Waals surface area contributed by atoms with Gasteiger partial charge < -0.3 is 10.2 Å². The van der Waals surface area contributed by atoms with Crippen molar-refractivity contribution in [2.24, 2.45) is 0 Å². The van der Waals surface area contributed by atoms with E-state index in [1.807, 2.05) is 99.6 Å². The van der Waals surface area contributed by atoms with Gasteiger partial charge in [-0.2, -0.15) is 0 Å². The number of halogens is 1. The van der Waals surface area contributed by atoms with Crippen LogP contribution in [0.3, 0.4) is 0 Å². The molecule has 0 bridgehead atoms. The van der Waals surface area contributed by atoms with Crippen LogP contribution in [0.4, 0.5) is 0 Å². The number of amides is 2. The lowest BCUT2D eigenvalue weighted by atomic mass is 10.0. The predicted molar refractivity (Wildman–Crippen MR) is 137 cm³/mol. The first-order valence-electron chi connectivity index (χ1n) is 11.3. The zero-order valence-electron chi connectivity index (χ0n) is 19.4. The summed E-state index contributed by atoms with van der Waals surface area (Å²) in [6, 6.07) is 25.1. The maximum Gasteiger partial charge on any atom is 0.243 e. The Kier molecular flexibility index (Phi) is 8.84. The number of rotatable bonds is 9. The summed E-state index contributed by atoms with van der Waals surface area (Å²) in [5.41, 5.74) is 4.08. The molecule has 1 atom stereocenters. The summed E-state index contributed by atoms with van der Waals surface area (Å²) in [6.45, 7) is 6.26. The van der Waals surface area contributed by atoms with Gasteiger partial charge >= 0.3 is 0 Å². The van der Waals surface area contributed by atoms with Crippen molar-refractivity contribution < 1.29 is 9.59 Å². The molecule has 1 N–H and O–H groups in total. The normalized spacial score (nSPS) is 11.8. The Labute approximate surface area is 205 Å². The van der Waals surface area contributed by atoms with Crippen molar-refractivity contribution in [3.8, 4) is 0 Å². The van der Waals surface area contributed by atoms with E-state index in [1.54, 1.807) is 4.90 Å². The van der Waals surface area contributed by atoms with Crippen LogP contribution in [-0.4, -0.2) is 28.8 Å². The van der Waals surface area contributed by atoms with Crippen molar-refractivity contribution in [2.45, 2.75) is 52.2 Å². The standard InChI is InChI=1S/C28H31BrN2O2/c1-20(2)30-28(33)26(17-22-7-5-4-6-8-22)31(19-24-13-15-25(29)16-14-24)27(32)18-23-11-9-21(3)10-12-23/h4-16,20,26H,17-19H2,1-3H3,(H,30,33)/t26-/m0/s1. The molecule has 3 rings (SSSR count). The second kappa shape index (κ2) is 11.8. The molecule has 0 aliphatic heterocycles. The fraction of sp³-hybridized carbons (Fsp3) is 0.286. The highest BCUT2D eigenvalue weighted by molar-refractivity contribution is 9.10. The summed E-state index contributed by atoms with van der Waals surface area (Å²) in [5, 5.41) is 3.02. The second-order valence-corrected chi connectivity index (χ2v) is 9.59. The summed E-state index contributed by atoms with van der Waals surface area (Å²) in [7, 11) is 0. The third-order valence-electron chi connectivity index (χ3n) is 5.44. The van der Waals surface area contributed by atoms with Gasteiger partial charge in [0.05, 0.1) is 6.42 Å². The van der Waals surface area contributed by atoms with E-state index >= 15 is 0 Å². The topological polar surface area (TPSA) is 49.4 Å². The number of hydrogen-bond acceptors (Lipinski definition) is 2. The molecule has 33 heavy (non-hydrogen) atoms. The molecule has 172 valence electrons. The van der Waals surface area contributed by atoms with E-state index in [1.165, 1.54) is 0 Å². The van der Waals surface area contributed by atoms with E-state index in [-0.39, 0.29) is 24.3 Å². The summed E-state index contributed by atoms with van der Waals surface area (Å²) in [5.74, 6) is -0.204. The Morgan fingerprint density at radius 1 is 0.848 bits per heavy atom. The molecule has 0 aliphatic carbocycles. The first-order valence-corrected chi connectivity index (χ1v) is 12.0. The summed E-state index contributed by atoms with van der Waals surface area (Å²) in [6.07, 6.45) is 0.701. The third kappa shape index (κ3) is 7.57. The molecular weight excluding hydrogens is 476 g/mol. The van der Waals surface area contributed by atoms with Crippen molar-refractivity contribution >= 4 is 27.7 Å². The Balaban J connectivity index is 1.95. The fourth-order valence-corrected chi connectivity index (χ4v) is 3.97. The van der Waals surface area contributed by atoms with Gasteiger partial charge in [-0.15, -0.1) is 0 Å². The largest absolute Gasteiger partial charge is 0.352 e. The molecule has 3 aromatic carbocycles. The number of aryl methyl sites for hydroxylation is 1. The molecule has 0 saturated heterocycles. The number of hydrogen-bond donors (Lipinski definition) is 1. The highest BCUT2D eigenvalue weighted by Gasteiger charge is 2.30. The lowest BCUT2D eigenvalue weighted by Crippen LogP contribution is -2.52. The first kappa shape index (κ1) is 24.7. The van der Waals surface area contributed by atoms with Crippen molar-refractivity contribution in [2.75, 3.05) is 0 Å². The van der Waals surface area contributed by atoms with Gasteiger partial charge in [0.1, 0.15) is 6.04 Å². The van der Waals surface area contributed by atoms with E-state index in [2.05, 4.69) is 21.2 Å². The van der Waals surface area contributed by atoms with Gasteiger partial charge in [0, 0.05) is 23.5 Å². The number of nitrogens with zero attached hydrogens (tertiary/aromatic N) is 1. The van der Waals surface area contributed by atoms with Crippen LogP contribution < -0.4 is 5.32 Å². The van der Waals surface area contributed by atoms with Gasteiger partial charge in [-0.25, -0.2) is 0 Å². The lowest BCUT2D eigenvalue weighted by Gasteiger charge is -2.32. The van der Waals surface area contributed by atoms with Crippen molar-refractivity contribution in [3.05, 3.63) is 106 Å². The number of nitrogens with one attached hydrogen (secondary N) is 1. The Morgan fingerprint density at radius 2 is 1.45 bits per heavy atom. The number of carbonyl (C=O) groups is 2. The fourth-order valence-electron chi connectivity index (χ4n) is 3.70. The van der Waals surface area contributed by atoms with Crippen LogP contribution in [0.25, 0.3) is 0 Å². The first-order chi connectivity index (χ1) is 15.8. The van der Waals surface area contributed by atoms with Crippen LogP contribution in [0.2, 0.25) is 0 Å². The maximum atomic E-state index is 13.6. The zero-order chi connectivity index (χ0) is 23.8. The maximum absolute atomic E-state index is 13.6. The summed E-state index contributed by atoms with van der Waals surface area (Å²) >= 11 is 3.47. The Hall–Kier alpha value is -2.92. The average molecular weight is 507 g/mol. The molecule has 3 aromatic rings.